The number of alkyl halides is 3. The number of aromatic nitrogens is 4. The molecule has 1 aliphatic rings. The fourth-order valence-corrected chi connectivity index (χ4v) is 3.63. The van der Waals surface area contributed by atoms with Crippen molar-refractivity contribution >= 4 is 33.6 Å². The third-order valence-corrected chi connectivity index (χ3v) is 5.58. The Morgan fingerprint density at radius 3 is 2.54 bits per heavy atom. The summed E-state index contributed by atoms with van der Waals surface area (Å²) in [5.41, 5.74) is 0.00164. The van der Waals surface area contributed by atoms with Crippen LogP contribution in [0.3, 0.4) is 0 Å². The van der Waals surface area contributed by atoms with Crippen molar-refractivity contribution in [2.75, 3.05) is 18.4 Å². The van der Waals surface area contributed by atoms with Gasteiger partial charge in [0.1, 0.15) is 5.82 Å². The van der Waals surface area contributed by atoms with Gasteiger partial charge < -0.3 is 10.2 Å². The number of nitrogens with one attached hydrogen (secondary N) is 1. The maximum absolute atomic E-state index is 13.6. The molecule has 1 aromatic carbocycles. The van der Waals surface area contributed by atoms with Gasteiger partial charge in [-0.1, -0.05) is 5.16 Å². The Bertz CT molecular complexity index is 1310. The first-order valence-electron chi connectivity index (χ1n) is 9.76. The van der Waals surface area contributed by atoms with E-state index in [0.29, 0.717) is 0 Å². The molecule has 12 nitrogen and oxygen atoms in total. The molecule has 186 valence electrons. The molecule has 0 unspecified atom stereocenters. The van der Waals surface area contributed by atoms with Crippen LogP contribution < -0.4 is 11.1 Å². The summed E-state index contributed by atoms with van der Waals surface area (Å²) >= 11 is 3.02. The Balaban J connectivity index is 1.47. The molecule has 3 aromatic rings. The molecule has 0 atom stereocenters. The molecule has 2 aromatic heterocycles. The standard InChI is InChI=1S/C18H13BrF4N6O6/c19-10-7-9(1-2-11(10)20)29-14(27-33-17(29)32)12-13(26-35-25-12)24-15(30)8-3-5-28(6-4-8)34-16(31)18(21,22)23/h1-2,7-8H,3-6H2,(H,24,26,30). The maximum atomic E-state index is 13.6. The molecule has 0 radical (unpaired) electrons. The average molecular weight is 565 g/mol. The molecule has 1 saturated heterocycles. The van der Waals surface area contributed by atoms with Crippen molar-refractivity contribution in [2.24, 2.45) is 5.92 Å². The lowest BCUT2D eigenvalue weighted by Crippen LogP contribution is -2.41. The Kier molecular flexibility index (Phi) is 6.70. The van der Waals surface area contributed by atoms with E-state index in [1.807, 2.05) is 0 Å². The van der Waals surface area contributed by atoms with Crippen LogP contribution in [0.5, 0.6) is 0 Å². The first-order valence-corrected chi connectivity index (χ1v) is 10.6. The largest absolute Gasteiger partial charge is 0.492 e. The molecule has 1 N–H and O–H groups in total. The SMILES string of the molecule is O=C(Nc1nonc1-c1noc(=O)n1-c1ccc(F)c(Br)c1)C1CCN(OC(=O)C(F)(F)F)CC1. The molecular weight excluding hydrogens is 552 g/mol. The number of carbonyl (C=O) groups is 2. The summed E-state index contributed by atoms with van der Waals surface area (Å²) in [6.45, 7) is -0.210. The molecule has 4 rings (SSSR count). The van der Waals surface area contributed by atoms with Gasteiger partial charge in [-0.2, -0.15) is 13.2 Å². The summed E-state index contributed by atoms with van der Waals surface area (Å²) in [4.78, 5) is 40.1. The second-order valence-corrected chi connectivity index (χ2v) is 8.09. The van der Waals surface area contributed by atoms with Crippen LogP contribution in [0, 0.1) is 11.7 Å². The molecule has 1 amide bonds. The summed E-state index contributed by atoms with van der Waals surface area (Å²) < 4.78 is 61.0. The quantitative estimate of drug-likeness (QED) is 0.458. The number of hydroxylamine groups is 2. The highest BCUT2D eigenvalue weighted by Crippen LogP contribution is 2.28. The van der Waals surface area contributed by atoms with Crippen LogP contribution in [-0.2, 0) is 14.4 Å². The number of nitrogens with zero attached hydrogens (tertiary/aromatic N) is 5. The van der Waals surface area contributed by atoms with Crippen molar-refractivity contribution in [3.8, 4) is 17.2 Å². The minimum atomic E-state index is -5.13. The van der Waals surface area contributed by atoms with Crippen LogP contribution in [0.1, 0.15) is 12.8 Å². The first-order chi connectivity index (χ1) is 16.5. The third kappa shape index (κ3) is 5.24. The van der Waals surface area contributed by atoms with E-state index < -0.39 is 35.5 Å². The molecule has 3 heterocycles. The summed E-state index contributed by atoms with van der Waals surface area (Å²) in [5.74, 6) is -5.47. The Morgan fingerprint density at radius 2 is 1.89 bits per heavy atom. The van der Waals surface area contributed by atoms with Crippen LogP contribution in [0.4, 0.5) is 23.4 Å². The van der Waals surface area contributed by atoms with Gasteiger partial charge in [-0.15, -0.1) is 5.06 Å². The lowest BCUT2D eigenvalue weighted by Gasteiger charge is -2.29. The summed E-state index contributed by atoms with van der Waals surface area (Å²) in [7, 11) is 0. The van der Waals surface area contributed by atoms with Gasteiger partial charge >= 0.3 is 17.9 Å². The zero-order valence-corrected chi connectivity index (χ0v) is 18.8. The summed E-state index contributed by atoms with van der Waals surface area (Å²) in [5, 5.41) is 14.2. The fraction of sp³-hybridized carbons (Fsp3) is 0.333. The van der Waals surface area contributed by atoms with Gasteiger partial charge in [-0.25, -0.2) is 23.2 Å². The zero-order valence-electron chi connectivity index (χ0n) is 17.2. The van der Waals surface area contributed by atoms with Crippen molar-refractivity contribution in [3.63, 3.8) is 0 Å². The number of amides is 1. The van der Waals surface area contributed by atoms with Crippen molar-refractivity contribution in [1.29, 1.82) is 0 Å². The molecule has 1 aliphatic heterocycles. The number of carbonyl (C=O) groups excluding carboxylic acids is 2. The van der Waals surface area contributed by atoms with Gasteiger partial charge in [0, 0.05) is 19.0 Å². The van der Waals surface area contributed by atoms with Crippen LogP contribution in [0.15, 0.2) is 36.6 Å². The number of piperidine rings is 1. The molecule has 0 bridgehead atoms. The van der Waals surface area contributed by atoms with Crippen molar-refractivity contribution in [3.05, 3.63) is 39.0 Å². The molecule has 0 saturated carbocycles. The van der Waals surface area contributed by atoms with Crippen molar-refractivity contribution in [2.45, 2.75) is 19.0 Å². The smallest absolute Gasteiger partial charge is 0.361 e. The van der Waals surface area contributed by atoms with Gasteiger partial charge in [0.25, 0.3) is 0 Å². The van der Waals surface area contributed by atoms with Crippen LogP contribution in [0.25, 0.3) is 17.2 Å². The highest BCUT2D eigenvalue weighted by Gasteiger charge is 2.43. The highest BCUT2D eigenvalue weighted by molar-refractivity contribution is 9.10. The predicted molar refractivity (Wildman–Crippen MR) is 108 cm³/mol. The number of rotatable bonds is 5. The molecule has 0 aliphatic carbocycles. The molecule has 1 fully saturated rings. The maximum Gasteiger partial charge on any atom is 0.492 e. The topological polar surface area (TPSA) is 146 Å². The number of benzene rings is 1. The van der Waals surface area contributed by atoms with Gasteiger partial charge in [0.05, 0.1) is 10.2 Å². The highest BCUT2D eigenvalue weighted by atomic mass is 79.9. The van der Waals surface area contributed by atoms with Gasteiger partial charge in [-0.05, 0) is 57.3 Å². The average Bonchev–Trinajstić information content (AvgIpc) is 3.41. The molecule has 0 spiro atoms. The number of halogens is 5. The van der Waals surface area contributed by atoms with E-state index in [9.17, 15) is 31.9 Å². The Morgan fingerprint density at radius 1 is 1.17 bits per heavy atom. The number of hydrogen-bond donors (Lipinski definition) is 1. The van der Waals surface area contributed by atoms with Crippen LogP contribution >= 0.6 is 15.9 Å². The molecule has 35 heavy (non-hydrogen) atoms. The summed E-state index contributed by atoms with van der Waals surface area (Å²) in [6.07, 6.45) is -4.97. The number of anilines is 1. The fourth-order valence-electron chi connectivity index (χ4n) is 3.27. The van der Waals surface area contributed by atoms with E-state index in [0.717, 1.165) is 15.7 Å². The second kappa shape index (κ2) is 9.57. The normalized spacial score (nSPS) is 15.2. The lowest BCUT2D eigenvalue weighted by atomic mass is 9.97. The third-order valence-electron chi connectivity index (χ3n) is 4.98. The summed E-state index contributed by atoms with van der Waals surface area (Å²) in [6, 6.07) is 3.68. The van der Waals surface area contributed by atoms with Gasteiger partial charge in [0.2, 0.25) is 17.5 Å². The van der Waals surface area contributed by atoms with Crippen molar-refractivity contribution < 1.29 is 41.1 Å². The van der Waals surface area contributed by atoms with E-state index in [4.69, 9.17) is 0 Å². The lowest BCUT2D eigenvalue weighted by molar-refractivity contribution is -0.242. The van der Waals surface area contributed by atoms with E-state index in [2.05, 4.69) is 50.7 Å². The Hall–Kier alpha value is -3.60. The predicted octanol–water partition coefficient (Wildman–Crippen LogP) is 2.45. The minimum Gasteiger partial charge on any atom is -0.361 e. The molecule has 17 heteroatoms. The first kappa shape index (κ1) is 24.5. The van der Waals surface area contributed by atoms with Crippen molar-refractivity contribution in [1.82, 2.24) is 25.1 Å². The Labute approximate surface area is 199 Å². The molecular formula is C18H13BrF4N6O6. The van der Waals surface area contributed by atoms with Gasteiger partial charge in [0.15, 0.2) is 5.69 Å². The number of hydrogen-bond acceptors (Lipinski definition) is 10. The minimum absolute atomic E-state index is 0.0631. The van der Waals surface area contributed by atoms with Crippen LogP contribution in [-0.4, -0.2) is 56.2 Å². The van der Waals surface area contributed by atoms with E-state index in [-0.39, 0.29) is 53.4 Å². The van der Waals surface area contributed by atoms with Crippen LogP contribution in [0.2, 0.25) is 0 Å². The zero-order chi connectivity index (χ0) is 25.3. The second-order valence-electron chi connectivity index (χ2n) is 7.24. The van der Waals surface area contributed by atoms with Gasteiger partial charge in [-0.3, -0.25) is 9.32 Å². The van der Waals surface area contributed by atoms with E-state index >= 15 is 0 Å². The van der Waals surface area contributed by atoms with E-state index in [1.54, 1.807) is 0 Å². The monoisotopic (exact) mass is 564 g/mol. The van der Waals surface area contributed by atoms with E-state index in [1.165, 1.54) is 12.1 Å².